The Morgan fingerprint density at radius 3 is 2.54 bits per heavy atom. The van der Waals surface area contributed by atoms with E-state index in [2.05, 4.69) is 20.6 Å². The molecule has 7 heteroatoms. The van der Waals surface area contributed by atoms with E-state index in [9.17, 15) is 8.78 Å². The minimum Gasteiger partial charge on any atom is -0.489 e. The molecule has 3 aromatic rings. The molecule has 0 aliphatic rings. The van der Waals surface area contributed by atoms with Crippen LogP contribution in [0.15, 0.2) is 54.7 Å². The predicted octanol–water partition coefficient (Wildman–Crippen LogP) is 5.03. The Kier molecular flexibility index (Phi) is 5.26. The lowest BCUT2D eigenvalue weighted by atomic mass is 10.3. The number of hydrogen-bond donors (Lipinski definition) is 2. The number of hydrogen-bond acceptors (Lipinski definition) is 5. The summed E-state index contributed by atoms with van der Waals surface area (Å²) in [4.78, 5) is 8.35. The first kappa shape index (κ1) is 17.6. The van der Waals surface area contributed by atoms with Gasteiger partial charge in [0.15, 0.2) is 0 Å². The smallest absolute Gasteiger partial charge is 0.229 e. The topological polar surface area (TPSA) is 59.1 Å². The van der Waals surface area contributed by atoms with E-state index in [1.807, 2.05) is 38.1 Å². The van der Waals surface area contributed by atoms with Crippen LogP contribution in [-0.4, -0.2) is 16.1 Å². The maximum absolute atomic E-state index is 13.8. The third-order valence-corrected chi connectivity index (χ3v) is 3.35. The van der Waals surface area contributed by atoms with Gasteiger partial charge in [-0.2, -0.15) is 4.98 Å². The Hall–Kier alpha value is -3.22. The van der Waals surface area contributed by atoms with Gasteiger partial charge in [-0.3, -0.25) is 0 Å². The summed E-state index contributed by atoms with van der Waals surface area (Å²) in [6, 6.07) is 12.4. The normalized spacial score (nSPS) is 10.7. The summed E-state index contributed by atoms with van der Waals surface area (Å²) in [5.74, 6) is 0.0154. The number of ether oxygens (including phenoxy) is 1. The van der Waals surface area contributed by atoms with Crippen LogP contribution < -0.4 is 15.4 Å². The SMILES string of the molecule is CC(C)Oc1ccccc1Nc1ccnc(Nc2ccc(F)cc2F)n1. The van der Waals surface area contributed by atoms with Gasteiger partial charge in [0.05, 0.1) is 17.5 Å². The third kappa shape index (κ3) is 4.44. The van der Waals surface area contributed by atoms with Crippen LogP contribution in [0.3, 0.4) is 0 Å². The van der Waals surface area contributed by atoms with Crippen molar-refractivity contribution in [3.05, 3.63) is 66.4 Å². The van der Waals surface area contributed by atoms with Gasteiger partial charge >= 0.3 is 0 Å². The zero-order chi connectivity index (χ0) is 18.5. The maximum atomic E-state index is 13.8. The van der Waals surface area contributed by atoms with Crippen molar-refractivity contribution in [1.82, 2.24) is 9.97 Å². The molecule has 0 radical (unpaired) electrons. The molecule has 0 saturated carbocycles. The van der Waals surface area contributed by atoms with E-state index in [4.69, 9.17) is 4.74 Å². The first-order valence-electron chi connectivity index (χ1n) is 8.09. The monoisotopic (exact) mass is 356 g/mol. The van der Waals surface area contributed by atoms with Crippen LogP contribution in [0.4, 0.5) is 31.9 Å². The van der Waals surface area contributed by atoms with E-state index in [0.717, 1.165) is 17.8 Å². The number of benzene rings is 2. The van der Waals surface area contributed by atoms with E-state index in [1.54, 1.807) is 6.07 Å². The molecular formula is C19H18F2N4O. The predicted molar refractivity (Wildman–Crippen MR) is 97.2 cm³/mol. The molecule has 2 aromatic carbocycles. The lowest BCUT2D eigenvalue weighted by molar-refractivity contribution is 0.244. The van der Waals surface area contributed by atoms with Gasteiger partial charge in [0.25, 0.3) is 0 Å². The lowest BCUT2D eigenvalue weighted by Crippen LogP contribution is -2.08. The molecule has 0 fully saturated rings. The Labute approximate surface area is 150 Å². The van der Waals surface area contributed by atoms with Crippen molar-refractivity contribution < 1.29 is 13.5 Å². The number of halogens is 2. The molecule has 0 aliphatic heterocycles. The average Bonchev–Trinajstić information content (AvgIpc) is 2.59. The minimum atomic E-state index is -0.720. The van der Waals surface area contributed by atoms with Crippen LogP contribution in [-0.2, 0) is 0 Å². The second-order valence-corrected chi connectivity index (χ2v) is 5.80. The molecule has 0 aliphatic carbocycles. The molecule has 0 amide bonds. The summed E-state index contributed by atoms with van der Waals surface area (Å²) < 4.78 is 32.5. The molecule has 0 bridgehead atoms. The molecule has 26 heavy (non-hydrogen) atoms. The van der Waals surface area contributed by atoms with Gasteiger partial charge in [0, 0.05) is 12.3 Å². The lowest BCUT2D eigenvalue weighted by Gasteiger charge is -2.15. The summed E-state index contributed by atoms with van der Waals surface area (Å²) in [5, 5.41) is 5.90. The highest BCUT2D eigenvalue weighted by Crippen LogP contribution is 2.28. The molecular weight excluding hydrogens is 338 g/mol. The van der Waals surface area contributed by atoms with E-state index in [0.29, 0.717) is 11.6 Å². The first-order chi connectivity index (χ1) is 12.5. The fourth-order valence-electron chi connectivity index (χ4n) is 2.26. The van der Waals surface area contributed by atoms with Crippen LogP contribution in [0.5, 0.6) is 5.75 Å². The molecule has 1 heterocycles. The summed E-state index contributed by atoms with van der Waals surface area (Å²) in [6.07, 6.45) is 1.56. The first-order valence-corrected chi connectivity index (χ1v) is 8.09. The van der Waals surface area contributed by atoms with Crippen molar-refractivity contribution >= 4 is 23.1 Å². The van der Waals surface area contributed by atoms with Crippen molar-refractivity contribution in [3.8, 4) is 5.75 Å². The van der Waals surface area contributed by atoms with E-state index >= 15 is 0 Å². The molecule has 2 N–H and O–H groups in total. The number of rotatable bonds is 6. The molecule has 1 aromatic heterocycles. The van der Waals surface area contributed by atoms with Crippen LogP contribution in [0.1, 0.15) is 13.8 Å². The van der Waals surface area contributed by atoms with Crippen molar-refractivity contribution in [2.45, 2.75) is 20.0 Å². The molecule has 0 saturated heterocycles. The van der Waals surface area contributed by atoms with E-state index < -0.39 is 11.6 Å². The summed E-state index contributed by atoms with van der Waals surface area (Å²) >= 11 is 0. The standard InChI is InChI=1S/C19H18F2N4O/c1-12(2)26-17-6-4-3-5-16(17)23-18-9-10-22-19(25-18)24-15-8-7-13(20)11-14(15)21/h3-12H,1-2H3,(H2,22,23,24,25). The molecule has 0 atom stereocenters. The molecule has 0 unspecified atom stereocenters. The second kappa shape index (κ2) is 7.77. The highest BCUT2D eigenvalue weighted by atomic mass is 19.1. The number of anilines is 4. The molecule has 0 spiro atoms. The minimum absolute atomic E-state index is 0.0297. The van der Waals surface area contributed by atoms with E-state index in [1.165, 1.54) is 12.3 Å². The van der Waals surface area contributed by atoms with Gasteiger partial charge in [0.1, 0.15) is 23.2 Å². The average molecular weight is 356 g/mol. The van der Waals surface area contributed by atoms with Crippen LogP contribution in [0.25, 0.3) is 0 Å². The fourth-order valence-corrected chi connectivity index (χ4v) is 2.26. The summed E-state index contributed by atoms with van der Waals surface area (Å²) in [7, 11) is 0. The van der Waals surface area contributed by atoms with Crippen LogP contribution in [0, 0.1) is 11.6 Å². The Morgan fingerprint density at radius 1 is 0.962 bits per heavy atom. The van der Waals surface area contributed by atoms with Gasteiger partial charge in [-0.15, -0.1) is 0 Å². The summed E-state index contributed by atoms with van der Waals surface area (Å²) in [6.45, 7) is 3.89. The molecule has 5 nitrogen and oxygen atoms in total. The van der Waals surface area contributed by atoms with Crippen molar-refractivity contribution in [2.24, 2.45) is 0 Å². The second-order valence-electron chi connectivity index (χ2n) is 5.80. The zero-order valence-electron chi connectivity index (χ0n) is 14.3. The fraction of sp³-hybridized carbons (Fsp3) is 0.158. The van der Waals surface area contributed by atoms with Crippen molar-refractivity contribution in [3.63, 3.8) is 0 Å². The van der Waals surface area contributed by atoms with Crippen molar-refractivity contribution in [1.29, 1.82) is 0 Å². The Morgan fingerprint density at radius 2 is 1.77 bits per heavy atom. The van der Waals surface area contributed by atoms with Gasteiger partial charge in [-0.25, -0.2) is 13.8 Å². The van der Waals surface area contributed by atoms with E-state index in [-0.39, 0.29) is 17.7 Å². The molecule has 3 rings (SSSR count). The summed E-state index contributed by atoms with van der Waals surface area (Å²) in [5.41, 5.74) is 0.839. The molecule has 134 valence electrons. The van der Waals surface area contributed by atoms with Crippen LogP contribution >= 0.6 is 0 Å². The van der Waals surface area contributed by atoms with Gasteiger partial charge in [0.2, 0.25) is 5.95 Å². The Balaban J connectivity index is 1.80. The Bertz CT molecular complexity index is 902. The number of aromatic nitrogens is 2. The van der Waals surface area contributed by atoms with Crippen molar-refractivity contribution in [2.75, 3.05) is 10.6 Å². The number of para-hydroxylation sites is 2. The van der Waals surface area contributed by atoms with Gasteiger partial charge < -0.3 is 15.4 Å². The van der Waals surface area contributed by atoms with Crippen LogP contribution in [0.2, 0.25) is 0 Å². The number of nitrogens with zero attached hydrogens (tertiary/aromatic N) is 2. The maximum Gasteiger partial charge on any atom is 0.229 e. The van der Waals surface area contributed by atoms with Gasteiger partial charge in [-0.1, -0.05) is 12.1 Å². The highest BCUT2D eigenvalue weighted by Gasteiger charge is 2.09. The largest absolute Gasteiger partial charge is 0.489 e. The quantitative estimate of drug-likeness (QED) is 0.649. The van der Waals surface area contributed by atoms with Gasteiger partial charge in [-0.05, 0) is 44.2 Å². The number of nitrogens with one attached hydrogen (secondary N) is 2. The third-order valence-electron chi connectivity index (χ3n) is 3.35. The zero-order valence-corrected chi connectivity index (χ0v) is 14.3. The highest BCUT2D eigenvalue weighted by molar-refractivity contribution is 5.65.